The molecular formula is C12H15N3S. The number of thiocarbonyl (C=S) groups is 1. The van der Waals surface area contributed by atoms with Crippen molar-refractivity contribution in [3.63, 3.8) is 0 Å². The molecule has 0 saturated carbocycles. The third-order valence-electron chi connectivity index (χ3n) is 2.55. The van der Waals surface area contributed by atoms with Crippen molar-refractivity contribution in [2.75, 3.05) is 13.6 Å². The van der Waals surface area contributed by atoms with Gasteiger partial charge in [-0.2, -0.15) is 0 Å². The lowest BCUT2D eigenvalue weighted by atomic mass is 10.1. The van der Waals surface area contributed by atoms with Crippen molar-refractivity contribution in [2.24, 2.45) is 0 Å². The molecule has 3 nitrogen and oxygen atoms in total. The normalized spacial score (nSPS) is 10.3. The highest BCUT2D eigenvalue weighted by Gasteiger charge is 1.97. The zero-order valence-corrected chi connectivity index (χ0v) is 10.0. The average Bonchev–Trinajstić information content (AvgIpc) is 2.76. The van der Waals surface area contributed by atoms with Gasteiger partial charge in [0.1, 0.15) is 0 Å². The first-order chi connectivity index (χ1) is 7.79. The van der Waals surface area contributed by atoms with Crippen LogP contribution in [-0.4, -0.2) is 23.7 Å². The van der Waals surface area contributed by atoms with E-state index in [0.717, 1.165) is 13.0 Å². The van der Waals surface area contributed by atoms with E-state index in [1.165, 1.54) is 16.5 Å². The van der Waals surface area contributed by atoms with Crippen molar-refractivity contribution in [3.8, 4) is 0 Å². The molecule has 3 N–H and O–H groups in total. The number of nitrogens with one attached hydrogen (secondary N) is 3. The molecule has 0 spiro atoms. The molecule has 0 bridgehead atoms. The summed E-state index contributed by atoms with van der Waals surface area (Å²) in [7, 11) is 1.82. The smallest absolute Gasteiger partial charge is 0.166 e. The molecule has 0 aliphatic rings. The van der Waals surface area contributed by atoms with Gasteiger partial charge in [0.05, 0.1) is 0 Å². The minimum absolute atomic E-state index is 0.695. The van der Waals surface area contributed by atoms with Crippen LogP contribution in [0.3, 0.4) is 0 Å². The number of fused-ring (bicyclic) bond motifs is 1. The summed E-state index contributed by atoms with van der Waals surface area (Å²) in [5, 5.41) is 7.97. The van der Waals surface area contributed by atoms with Crippen molar-refractivity contribution in [2.45, 2.75) is 6.42 Å². The van der Waals surface area contributed by atoms with Gasteiger partial charge >= 0.3 is 0 Å². The van der Waals surface area contributed by atoms with Gasteiger partial charge in [-0.15, -0.1) is 0 Å². The molecule has 0 saturated heterocycles. The quantitative estimate of drug-likeness (QED) is 0.708. The third kappa shape index (κ3) is 2.52. The van der Waals surface area contributed by atoms with E-state index >= 15 is 0 Å². The first-order valence-electron chi connectivity index (χ1n) is 5.31. The van der Waals surface area contributed by atoms with E-state index in [0.29, 0.717) is 5.11 Å². The highest BCUT2D eigenvalue weighted by atomic mass is 32.1. The molecule has 0 atom stereocenters. The number of rotatable bonds is 3. The first-order valence-corrected chi connectivity index (χ1v) is 5.72. The summed E-state index contributed by atoms with van der Waals surface area (Å²) in [6.07, 6.45) is 2.93. The fraction of sp³-hybridized carbons (Fsp3) is 0.250. The Morgan fingerprint density at radius 3 is 3.06 bits per heavy atom. The molecule has 1 aromatic heterocycles. The van der Waals surface area contributed by atoms with Crippen LogP contribution >= 0.6 is 12.2 Å². The molecule has 1 heterocycles. The predicted molar refractivity (Wildman–Crippen MR) is 71.7 cm³/mol. The largest absolute Gasteiger partial charge is 0.366 e. The zero-order chi connectivity index (χ0) is 11.4. The van der Waals surface area contributed by atoms with Gasteiger partial charge in [-0.25, -0.2) is 0 Å². The van der Waals surface area contributed by atoms with Crippen LogP contribution in [0.15, 0.2) is 30.5 Å². The van der Waals surface area contributed by atoms with Gasteiger partial charge in [-0.3, -0.25) is 0 Å². The standard InChI is InChI=1S/C12H15N3S/c1-13-12(16)15-6-4-9-2-3-10-5-7-14-11(10)8-9/h2-3,5,7-8,14H,4,6H2,1H3,(H2,13,15,16). The van der Waals surface area contributed by atoms with Gasteiger partial charge in [-0.05, 0) is 41.7 Å². The molecule has 0 aliphatic carbocycles. The molecular weight excluding hydrogens is 218 g/mol. The Morgan fingerprint density at radius 1 is 1.38 bits per heavy atom. The molecule has 84 valence electrons. The second-order valence-electron chi connectivity index (χ2n) is 3.66. The van der Waals surface area contributed by atoms with Gasteiger partial charge in [0.25, 0.3) is 0 Å². The summed E-state index contributed by atoms with van der Waals surface area (Å²) in [5.41, 5.74) is 2.50. The molecule has 0 unspecified atom stereocenters. The molecule has 1 aromatic carbocycles. The number of aromatic nitrogens is 1. The number of benzene rings is 1. The van der Waals surface area contributed by atoms with E-state index < -0.39 is 0 Å². The Labute approximate surface area is 100 Å². The molecule has 0 radical (unpaired) electrons. The lowest BCUT2D eigenvalue weighted by Gasteiger charge is -2.06. The maximum atomic E-state index is 5.01. The minimum atomic E-state index is 0.695. The van der Waals surface area contributed by atoms with Crippen molar-refractivity contribution in [1.29, 1.82) is 0 Å². The lowest BCUT2D eigenvalue weighted by Crippen LogP contribution is -2.33. The second-order valence-corrected chi connectivity index (χ2v) is 4.06. The van der Waals surface area contributed by atoms with Crippen LogP contribution in [0.4, 0.5) is 0 Å². The van der Waals surface area contributed by atoms with E-state index in [1.807, 2.05) is 13.2 Å². The topological polar surface area (TPSA) is 39.8 Å². The van der Waals surface area contributed by atoms with E-state index in [4.69, 9.17) is 12.2 Å². The number of aromatic amines is 1. The Morgan fingerprint density at radius 2 is 2.25 bits per heavy atom. The van der Waals surface area contributed by atoms with Gasteiger partial charge in [-0.1, -0.05) is 12.1 Å². The lowest BCUT2D eigenvalue weighted by molar-refractivity contribution is 0.852. The highest BCUT2D eigenvalue weighted by molar-refractivity contribution is 7.80. The van der Waals surface area contributed by atoms with Crippen molar-refractivity contribution in [1.82, 2.24) is 15.6 Å². The number of hydrogen-bond acceptors (Lipinski definition) is 1. The molecule has 4 heteroatoms. The van der Waals surface area contributed by atoms with E-state index in [9.17, 15) is 0 Å². The van der Waals surface area contributed by atoms with Crippen LogP contribution in [-0.2, 0) is 6.42 Å². The summed E-state index contributed by atoms with van der Waals surface area (Å²) < 4.78 is 0. The van der Waals surface area contributed by atoms with Crippen LogP contribution < -0.4 is 10.6 Å². The number of H-pyrrole nitrogens is 1. The second kappa shape index (κ2) is 4.99. The van der Waals surface area contributed by atoms with Crippen LogP contribution in [0.5, 0.6) is 0 Å². The summed E-state index contributed by atoms with van der Waals surface area (Å²) in [4.78, 5) is 3.21. The molecule has 16 heavy (non-hydrogen) atoms. The van der Waals surface area contributed by atoms with Gasteiger partial charge in [0, 0.05) is 25.3 Å². The SMILES string of the molecule is CNC(=S)NCCc1ccc2cc[nH]c2c1. The van der Waals surface area contributed by atoms with Crippen LogP contribution in [0.1, 0.15) is 5.56 Å². The van der Waals surface area contributed by atoms with Crippen molar-refractivity contribution >= 4 is 28.2 Å². The fourth-order valence-corrected chi connectivity index (χ4v) is 1.76. The zero-order valence-electron chi connectivity index (χ0n) is 9.21. The molecule has 2 aromatic rings. The van der Waals surface area contributed by atoms with E-state index in [2.05, 4.69) is 39.9 Å². The Kier molecular flexibility index (Phi) is 3.41. The monoisotopic (exact) mass is 233 g/mol. The Balaban J connectivity index is 1.96. The molecule has 0 amide bonds. The van der Waals surface area contributed by atoms with E-state index in [-0.39, 0.29) is 0 Å². The van der Waals surface area contributed by atoms with Gasteiger partial charge in [0.2, 0.25) is 0 Å². The summed E-state index contributed by atoms with van der Waals surface area (Å²) >= 11 is 5.01. The molecule has 2 rings (SSSR count). The van der Waals surface area contributed by atoms with Gasteiger partial charge in [0.15, 0.2) is 5.11 Å². The first kappa shape index (κ1) is 11.0. The highest BCUT2D eigenvalue weighted by Crippen LogP contribution is 2.14. The van der Waals surface area contributed by atoms with Crippen molar-refractivity contribution < 1.29 is 0 Å². The maximum Gasteiger partial charge on any atom is 0.166 e. The fourth-order valence-electron chi connectivity index (χ4n) is 1.66. The molecule has 0 fully saturated rings. The van der Waals surface area contributed by atoms with Crippen LogP contribution in [0.2, 0.25) is 0 Å². The predicted octanol–water partition coefficient (Wildman–Crippen LogP) is 1.80. The van der Waals surface area contributed by atoms with Crippen LogP contribution in [0.25, 0.3) is 10.9 Å². The maximum absolute atomic E-state index is 5.01. The Bertz CT molecular complexity index is 490. The minimum Gasteiger partial charge on any atom is -0.366 e. The van der Waals surface area contributed by atoms with Gasteiger partial charge < -0.3 is 15.6 Å². The summed E-state index contributed by atoms with van der Waals surface area (Å²) in [6.45, 7) is 0.853. The average molecular weight is 233 g/mol. The Hall–Kier alpha value is -1.55. The van der Waals surface area contributed by atoms with E-state index in [1.54, 1.807) is 0 Å². The summed E-state index contributed by atoms with van der Waals surface area (Å²) in [6, 6.07) is 8.55. The van der Waals surface area contributed by atoms with Crippen molar-refractivity contribution in [3.05, 3.63) is 36.0 Å². The number of hydrogen-bond donors (Lipinski definition) is 3. The van der Waals surface area contributed by atoms with Crippen LogP contribution in [0, 0.1) is 0 Å². The molecule has 0 aliphatic heterocycles. The third-order valence-corrected chi connectivity index (χ3v) is 2.89. The summed E-state index contributed by atoms with van der Waals surface area (Å²) in [5.74, 6) is 0.